The third-order valence-corrected chi connectivity index (χ3v) is 6.13. The fourth-order valence-corrected chi connectivity index (χ4v) is 4.34. The van der Waals surface area contributed by atoms with Crippen molar-refractivity contribution in [1.82, 2.24) is 19.9 Å². The number of hydrogen-bond donors (Lipinski definition) is 0. The number of carbonyl (C=O) groups excluding carboxylic acids is 1. The fourth-order valence-electron chi connectivity index (χ4n) is 3.34. The van der Waals surface area contributed by atoms with Gasteiger partial charge in [-0.2, -0.15) is 0 Å². The minimum atomic E-state index is -0.382. The highest BCUT2D eigenvalue weighted by Gasteiger charge is 2.23. The van der Waals surface area contributed by atoms with Gasteiger partial charge >= 0.3 is 0 Å². The molecule has 30 heavy (non-hydrogen) atoms. The number of para-hydroxylation sites is 1. The molecule has 1 amide bonds. The summed E-state index contributed by atoms with van der Waals surface area (Å²) in [5.41, 5.74) is 2.18. The van der Waals surface area contributed by atoms with Crippen LogP contribution in [0.25, 0.3) is 21.3 Å². The number of aromatic nitrogens is 3. The number of halogens is 1. The third kappa shape index (κ3) is 4.01. The summed E-state index contributed by atoms with van der Waals surface area (Å²) in [5.74, 6) is -0.568. The topological polar surface area (TPSA) is 62.2 Å². The van der Waals surface area contributed by atoms with Crippen LogP contribution in [0.4, 0.5) is 9.52 Å². The van der Waals surface area contributed by atoms with Gasteiger partial charge in [0.25, 0.3) is 5.91 Å². The number of anilines is 1. The van der Waals surface area contributed by atoms with E-state index in [9.17, 15) is 9.18 Å². The van der Waals surface area contributed by atoms with E-state index < -0.39 is 0 Å². The zero-order valence-electron chi connectivity index (χ0n) is 16.9. The van der Waals surface area contributed by atoms with Crippen LogP contribution in [0.2, 0.25) is 0 Å². The second-order valence-corrected chi connectivity index (χ2v) is 7.84. The van der Waals surface area contributed by atoms with Gasteiger partial charge in [-0.1, -0.05) is 31.3 Å². The molecule has 2 aromatic heterocycles. The van der Waals surface area contributed by atoms with Gasteiger partial charge in [0.2, 0.25) is 0 Å². The number of thiazole rings is 1. The fraction of sp³-hybridized carbons (Fsp3) is 0.273. The van der Waals surface area contributed by atoms with Gasteiger partial charge in [0.1, 0.15) is 11.3 Å². The van der Waals surface area contributed by atoms with Crippen LogP contribution >= 0.6 is 11.3 Å². The molecule has 0 atom stereocenters. The lowest BCUT2D eigenvalue weighted by atomic mass is 10.1. The summed E-state index contributed by atoms with van der Waals surface area (Å²) >= 11 is 1.32. The van der Waals surface area contributed by atoms with Crippen LogP contribution in [-0.2, 0) is 0 Å². The van der Waals surface area contributed by atoms with Gasteiger partial charge in [0, 0.05) is 31.0 Å². The van der Waals surface area contributed by atoms with Gasteiger partial charge in [-0.05, 0) is 43.4 Å². The molecule has 4 aromatic rings. The quantitative estimate of drug-likeness (QED) is 0.442. The highest BCUT2D eigenvalue weighted by Crippen LogP contribution is 2.31. The summed E-state index contributed by atoms with van der Waals surface area (Å²) in [6.07, 6.45) is 3.22. The molecule has 8 heteroatoms. The highest BCUT2D eigenvalue weighted by atomic mass is 32.1. The Labute approximate surface area is 178 Å². The molecule has 0 unspecified atom stereocenters. The van der Waals surface area contributed by atoms with E-state index in [4.69, 9.17) is 0 Å². The van der Waals surface area contributed by atoms with Crippen LogP contribution in [0.5, 0.6) is 0 Å². The summed E-state index contributed by atoms with van der Waals surface area (Å²) in [6, 6.07) is 10.1. The first-order chi connectivity index (χ1) is 14.6. The number of rotatable bonds is 7. The molecule has 0 saturated heterocycles. The smallest absolute Gasteiger partial charge is 0.260 e. The number of nitrogens with zero attached hydrogens (tertiary/aromatic N) is 5. The second kappa shape index (κ2) is 8.81. The van der Waals surface area contributed by atoms with Crippen molar-refractivity contribution < 1.29 is 9.18 Å². The summed E-state index contributed by atoms with van der Waals surface area (Å²) in [7, 11) is 0. The van der Waals surface area contributed by atoms with Crippen molar-refractivity contribution in [2.24, 2.45) is 0 Å². The molecule has 0 saturated carbocycles. The van der Waals surface area contributed by atoms with E-state index in [1.807, 2.05) is 6.07 Å². The number of fused-ring (bicyclic) bond motifs is 2. The van der Waals surface area contributed by atoms with E-state index in [2.05, 4.69) is 33.7 Å². The maximum atomic E-state index is 14.2. The maximum Gasteiger partial charge on any atom is 0.260 e. The number of amides is 1. The van der Waals surface area contributed by atoms with Gasteiger partial charge < -0.3 is 4.90 Å². The van der Waals surface area contributed by atoms with Crippen molar-refractivity contribution in [3.8, 4) is 0 Å². The molecule has 0 aliphatic rings. The molecule has 0 bridgehead atoms. The number of benzene rings is 2. The molecule has 0 radical (unpaired) electrons. The third-order valence-electron chi connectivity index (χ3n) is 5.09. The van der Waals surface area contributed by atoms with Gasteiger partial charge in [-0.3, -0.25) is 19.7 Å². The molecule has 2 aromatic carbocycles. The molecule has 6 nitrogen and oxygen atoms in total. The van der Waals surface area contributed by atoms with Gasteiger partial charge in [-0.15, -0.1) is 0 Å². The van der Waals surface area contributed by atoms with Crippen molar-refractivity contribution in [2.75, 3.05) is 31.1 Å². The second-order valence-electron chi connectivity index (χ2n) is 6.83. The van der Waals surface area contributed by atoms with Crippen LogP contribution in [0.1, 0.15) is 24.2 Å². The predicted molar refractivity (Wildman–Crippen MR) is 119 cm³/mol. The Morgan fingerprint density at radius 1 is 1.03 bits per heavy atom. The minimum Gasteiger partial charge on any atom is -0.302 e. The minimum absolute atomic E-state index is 0.186. The van der Waals surface area contributed by atoms with E-state index in [1.54, 1.807) is 41.6 Å². The zero-order chi connectivity index (χ0) is 21.1. The van der Waals surface area contributed by atoms with Gasteiger partial charge in [0.05, 0.1) is 15.7 Å². The molecule has 0 aliphatic carbocycles. The Balaban J connectivity index is 1.72. The van der Waals surface area contributed by atoms with Crippen LogP contribution in [0.15, 0.2) is 48.8 Å². The molecule has 0 N–H and O–H groups in total. The lowest BCUT2D eigenvalue weighted by molar-refractivity contribution is 0.0984. The lowest BCUT2D eigenvalue weighted by Gasteiger charge is -2.24. The van der Waals surface area contributed by atoms with E-state index in [-0.39, 0.29) is 11.7 Å². The van der Waals surface area contributed by atoms with E-state index in [0.717, 1.165) is 23.3 Å². The SMILES string of the molecule is CCN(CC)CCN(C(=O)c1ccc2nccnc2c1)c1nc2c(F)cccc2s1. The molecular weight excluding hydrogens is 401 g/mol. The Hall–Kier alpha value is -2.97. The zero-order valence-corrected chi connectivity index (χ0v) is 17.7. The van der Waals surface area contributed by atoms with Crippen molar-refractivity contribution in [1.29, 1.82) is 0 Å². The monoisotopic (exact) mass is 423 g/mol. The summed E-state index contributed by atoms with van der Waals surface area (Å²) in [5, 5.41) is 0.492. The van der Waals surface area contributed by atoms with Crippen LogP contribution in [0.3, 0.4) is 0 Å². The van der Waals surface area contributed by atoms with Crippen molar-refractivity contribution in [3.05, 3.63) is 60.2 Å². The van der Waals surface area contributed by atoms with E-state index in [0.29, 0.717) is 34.8 Å². The average molecular weight is 424 g/mol. The Morgan fingerprint density at radius 2 is 1.80 bits per heavy atom. The van der Waals surface area contributed by atoms with Gasteiger partial charge in [-0.25, -0.2) is 9.37 Å². The maximum absolute atomic E-state index is 14.2. The molecular formula is C22H22FN5OS. The lowest BCUT2D eigenvalue weighted by Crippen LogP contribution is -2.38. The average Bonchev–Trinajstić information content (AvgIpc) is 3.21. The standard InChI is InChI=1S/C22H22FN5OS/c1-3-27(4-2)12-13-28(22-26-20-16(23)6-5-7-19(20)30-22)21(29)15-8-9-17-18(14-15)25-11-10-24-17/h5-11,14H,3-4,12-13H2,1-2H3. The van der Waals surface area contributed by atoms with Crippen LogP contribution < -0.4 is 4.90 Å². The normalized spacial score (nSPS) is 11.5. The van der Waals surface area contributed by atoms with E-state index >= 15 is 0 Å². The van der Waals surface area contributed by atoms with Crippen molar-refractivity contribution >= 4 is 43.6 Å². The van der Waals surface area contributed by atoms with Crippen LogP contribution in [-0.4, -0.2) is 51.9 Å². The van der Waals surface area contributed by atoms with Crippen molar-refractivity contribution in [2.45, 2.75) is 13.8 Å². The van der Waals surface area contributed by atoms with Crippen molar-refractivity contribution in [3.63, 3.8) is 0 Å². The Kier molecular flexibility index (Phi) is 5.96. The molecule has 4 rings (SSSR count). The molecule has 0 spiro atoms. The number of carbonyl (C=O) groups is 1. The summed E-state index contributed by atoms with van der Waals surface area (Å²) in [6.45, 7) is 7.11. The first kappa shape index (κ1) is 20.3. The first-order valence-corrected chi connectivity index (χ1v) is 10.7. The number of likely N-dealkylation sites (N-methyl/N-ethyl adjacent to an activating group) is 1. The largest absolute Gasteiger partial charge is 0.302 e. The Morgan fingerprint density at radius 3 is 2.53 bits per heavy atom. The molecule has 154 valence electrons. The Bertz CT molecular complexity index is 1190. The van der Waals surface area contributed by atoms with Gasteiger partial charge in [0.15, 0.2) is 5.13 Å². The molecule has 0 fully saturated rings. The predicted octanol–water partition coefficient (Wildman–Crippen LogP) is 4.37. The molecule has 0 aliphatic heterocycles. The highest BCUT2D eigenvalue weighted by molar-refractivity contribution is 7.22. The first-order valence-electron chi connectivity index (χ1n) is 9.90. The summed E-state index contributed by atoms with van der Waals surface area (Å²) in [4.78, 5) is 30.4. The molecule has 2 heterocycles. The van der Waals surface area contributed by atoms with E-state index in [1.165, 1.54) is 17.4 Å². The summed E-state index contributed by atoms with van der Waals surface area (Å²) < 4.78 is 14.9. The number of hydrogen-bond acceptors (Lipinski definition) is 6. The van der Waals surface area contributed by atoms with Crippen LogP contribution in [0, 0.1) is 5.82 Å².